The first-order valence-corrected chi connectivity index (χ1v) is 6.73. The van der Waals surface area contributed by atoms with E-state index in [0.717, 1.165) is 12.8 Å². The van der Waals surface area contributed by atoms with Crippen LogP contribution in [0.25, 0.3) is 0 Å². The Labute approximate surface area is 117 Å². The predicted molar refractivity (Wildman–Crippen MR) is 71.7 cm³/mol. The summed E-state index contributed by atoms with van der Waals surface area (Å²) in [5.74, 6) is -1.55. The van der Waals surface area contributed by atoms with Crippen molar-refractivity contribution in [1.82, 2.24) is 5.06 Å². The molecular weight excluding hydrogens is 258 g/mol. The van der Waals surface area contributed by atoms with Crippen molar-refractivity contribution < 1.29 is 19.2 Å². The molecule has 1 aromatic rings. The average Bonchev–Trinajstić information content (AvgIpc) is 2.65. The third kappa shape index (κ3) is 2.71. The second-order valence-corrected chi connectivity index (χ2v) is 5.01. The lowest BCUT2D eigenvalue weighted by atomic mass is 10.0. The van der Waals surface area contributed by atoms with Crippen LogP contribution >= 0.6 is 0 Å². The van der Waals surface area contributed by atoms with Gasteiger partial charge in [-0.05, 0) is 18.1 Å². The Bertz CT molecular complexity index is 518. The number of carbonyl (C=O) groups is 3. The van der Waals surface area contributed by atoms with Gasteiger partial charge in [-0.25, -0.2) is 4.79 Å². The minimum atomic E-state index is -0.581. The van der Waals surface area contributed by atoms with Gasteiger partial charge in [-0.3, -0.25) is 9.59 Å². The van der Waals surface area contributed by atoms with E-state index >= 15 is 0 Å². The van der Waals surface area contributed by atoms with Crippen molar-refractivity contribution in [2.75, 3.05) is 0 Å². The van der Waals surface area contributed by atoms with E-state index in [4.69, 9.17) is 4.84 Å². The number of benzene rings is 1. The molecule has 1 atom stereocenters. The summed E-state index contributed by atoms with van der Waals surface area (Å²) in [6.07, 6.45) is 2.07. The van der Waals surface area contributed by atoms with Crippen LogP contribution < -0.4 is 0 Å². The highest BCUT2D eigenvalue weighted by molar-refractivity contribution is 6.20. The molecule has 20 heavy (non-hydrogen) atoms. The lowest BCUT2D eigenvalue weighted by Gasteiger charge is -2.14. The molecule has 0 saturated heterocycles. The zero-order chi connectivity index (χ0) is 14.7. The molecule has 0 aliphatic carbocycles. The Morgan fingerprint density at radius 1 is 1.20 bits per heavy atom. The predicted octanol–water partition coefficient (Wildman–Crippen LogP) is 2.57. The van der Waals surface area contributed by atoms with Crippen LogP contribution in [0.3, 0.4) is 0 Å². The molecule has 0 aromatic heterocycles. The van der Waals surface area contributed by atoms with Crippen molar-refractivity contribution in [3.05, 3.63) is 35.4 Å². The second-order valence-electron chi connectivity index (χ2n) is 5.01. The van der Waals surface area contributed by atoms with E-state index in [1.807, 2.05) is 13.8 Å². The molecule has 0 fully saturated rings. The molecule has 0 spiro atoms. The number of carbonyl (C=O) groups excluding carboxylic acids is 3. The Morgan fingerprint density at radius 3 is 2.25 bits per heavy atom. The number of fused-ring (bicyclic) bond motifs is 1. The fourth-order valence-electron chi connectivity index (χ4n) is 2.27. The summed E-state index contributed by atoms with van der Waals surface area (Å²) >= 11 is 0. The van der Waals surface area contributed by atoms with Gasteiger partial charge in [0.25, 0.3) is 11.8 Å². The Hall–Kier alpha value is -2.17. The number of nitrogens with zero attached hydrogens (tertiary/aromatic N) is 1. The van der Waals surface area contributed by atoms with Crippen LogP contribution in [-0.4, -0.2) is 22.8 Å². The zero-order valence-electron chi connectivity index (χ0n) is 11.6. The van der Waals surface area contributed by atoms with E-state index in [1.165, 1.54) is 0 Å². The van der Waals surface area contributed by atoms with Crippen LogP contribution in [0.4, 0.5) is 0 Å². The zero-order valence-corrected chi connectivity index (χ0v) is 11.6. The number of hydrogen-bond donors (Lipinski definition) is 0. The minimum Gasteiger partial charge on any atom is -0.330 e. The quantitative estimate of drug-likeness (QED) is 0.775. The molecule has 5 nitrogen and oxygen atoms in total. The number of imide groups is 1. The van der Waals surface area contributed by atoms with Gasteiger partial charge < -0.3 is 4.84 Å². The summed E-state index contributed by atoms with van der Waals surface area (Å²) in [5.41, 5.74) is 0.541. The lowest BCUT2D eigenvalue weighted by Crippen LogP contribution is -2.33. The first kappa shape index (κ1) is 14.2. The highest BCUT2D eigenvalue weighted by Gasteiger charge is 2.38. The third-order valence-corrected chi connectivity index (χ3v) is 3.25. The fourth-order valence-corrected chi connectivity index (χ4v) is 2.27. The fraction of sp³-hybridized carbons (Fsp3) is 0.400. The van der Waals surface area contributed by atoms with E-state index in [2.05, 4.69) is 0 Å². The number of hydrogen-bond acceptors (Lipinski definition) is 4. The average molecular weight is 275 g/mol. The molecule has 0 N–H and O–H groups in total. The normalized spacial score (nSPS) is 15.2. The van der Waals surface area contributed by atoms with Crippen LogP contribution in [-0.2, 0) is 9.63 Å². The van der Waals surface area contributed by atoms with Gasteiger partial charge in [0.05, 0.1) is 17.5 Å². The molecule has 1 unspecified atom stereocenters. The molecule has 0 radical (unpaired) electrons. The summed E-state index contributed by atoms with van der Waals surface area (Å²) in [7, 11) is 0. The summed E-state index contributed by atoms with van der Waals surface area (Å²) < 4.78 is 0. The van der Waals surface area contributed by atoms with E-state index in [9.17, 15) is 14.4 Å². The van der Waals surface area contributed by atoms with Crippen LogP contribution in [0.1, 0.15) is 53.8 Å². The Morgan fingerprint density at radius 2 is 1.75 bits per heavy atom. The largest absolute Gasteiger partial charge is 0.333 e. The van der Waals surface area contributed by atoms with Crippen LogP contribution in [0.5, 0.6) is 0 Å². The molecule has 5 heteroatoms. The van der Waals surface area contributed by atoms with Crippen molar-refractivity contribution in [2.45, 2.75) is 33.1 Å². The Balaban J connectivity index is 2.04. The highest BCUT2D eigenvalue weighted by atomic mass is 16.7. The van der Waals surface area contributed by atoms with E-state index in [0.29, 0.717) is 5.06 Å². The molecule has 1 heterocycles. The first-order chi connectivity index (χ1) is 9.54. The molecule has 2 amide bonds. The van der Waals surface area contributed by atoms with Gasteiger partial charge in [-0.1, -0.05) is 43.9 Å². The minimum absolute atomic E-state index is 0.169. The molecule has 2 rings (SSSR count). The standard InChI is InChI=1S/C15H17NO4/c1-3-6-10(2)9-13(17)20-16-14(18)11-7-4-5-8-12(11)15(16)19/h4-5,7-8,10H,3,6,9H2,1-2H3. The van der Waals surface area contributed by atoms with E-state index in [-0.39, 0.29) is 23.5 Å². The van der Waals surface area contributed by atoms with E-state index in [1.54, 1.807) is 24.3 Å². The molecule has 0 bridgehead atoms. The number of amides is 2. The monoisotopic (exact) mass is 275 g/mol. The number of rotatable bonds is 5. The maximum atomic E-state index is 12.0. The summed E-state index contributed by atoms with van der Waals surface area (Å²) in [4.78, 5) is 40.7. The van der Waals surface area contributed by atoms with Gasteiger partial charge in [-0.15, -0.1) is 0 Å². The molecule has 106 valence electrons. The van der Waals surface area contributed by atoms with Crippen molar-refractivity contribution in [2.24, 2.45) is 5.92 Å². The van der Waals surface area contributed by atoms with Gasteiger partial charge in [0.15, 0.2) is 0 Å². The highest BCUT2D eigenvalue weighted by Crippen LogP contribution is 2.23. The maximum absolute atomic E-state index is 12.0. The van der Waals surface area contributed by atoms with Crippen LogP contribution in [0, 0.1) is 5.92 Å². The smallest absolute Gasteiger partial charge is 0.330 e. The van der Waals surface area contributed by atoms with Gasteiger partial charge >= 0.3 is 5.97 Å². The third-order valence-electron chi connectivity index (χ3n) is 3.25. The maximum Gasteiger partial charge on any atom is 0.333 e. The van der Waals surface area contributed by atoms with Gasteiger partial charge in [-0.2, -0.15) is 0 Å². The summed E-state index contributed by atoms with van der Waals surface area (Å²) in [6.45, 7) is 3.97. The van der Waals surface area contributed by atoms with Gasteiger partial charge in [0, 0.05) is 0 Å². The SMILES string of the molecule is CCCC(C)CC(=O)ON1C(=O)c2ccccc2C1=O. The van der Waals surface area contributed by atoms with Crippen molar-refractivity contribution in [1.29, 1.82) is 0 Å². The van der Waals surface area contributed by atoms with Crippen LogP contribution in [0.2, 0.25) is 0 Å². The lowest BCUT2D eigenvalue weighted by molar-refractivity contribution is -0.169. The van der Waals surface area contributed by atoms with Gasteiger partial charge in [0.1, 0.15) is 0 Å². The first-order valence-electron chi connectivity index (χ1n) is 6.73. The van der Waals surface area contributed by atoms with Gasteiger partial charge in [0.2, 0.25) is 0 Å². The summed E-state index contributed by atoms with van der Waals surface area (Å²) in [5, 5.41) is 0.561. The van der Waals surface area contributed by atoms with Crippen LogP contribution in [0.15, 0.2) is 24.3 Å². The number of hydroxylamine groups is 2. The van der Waals surface area contributed by atoms with Crippen molar-refractivity contribution >= 4 is 17.8 Å². The Kier molecular flexibility index (Phi) is 4.17. The molecule has 0 saturated carbocycles. The second kappa shape index (κ2) is 5.86. The molecule has 1 aromatic carbocycles. The molecule has 1 aliphatic rings. The topological polar surface area (TPSA) is 63.7 Å². The van der Waals surface area contributed by atoms with E-state index < -0.39 is 17.8 Å². The summed E-state index contributed by atoms with van der Waals surface area (Å²) in [6, 6.07) is 6.42. The molecular formula is C15H17NO4. The van der Waals surface area contributed by atoms with Crippen molar-refractivity contribution in [3.63, 3.8) is 0 Å². The molecule has 1 aliphatic heterocycles. The van der Waals surface area contributed by atoms with Crippen molar-refractivity contribution in [3.8, 4) is 0 Å².